The van der Waals surface area contributed by atoms with Gasteiger partial charge in [-0.3, -0.25) is 4.79 Å². The van der Waals surface area contributed by atoms with Crippen molar-refractivity contribution in [2.24, 2.45) is 5.92 Å². The number of benzene rings is 1. The number of hydrogen-bond donors (Lipinski definition) is 2. The lowest BCUT2D eigenvalue weighted by Gasteiger charge is -2.21. The zero-order chi connectivity index (χ0) is 15.0. The molecular weight excluding hydrogens is 256 g/mol. The highest BCUT2D eigenvalue weighted by atomic mass is 16.5. The average Bonchev–Trinajstić information content (AvgIpc) is 2.40. The summed E-state index contributed by atoms with van der Waals surface area (Å²) in [6.45, 7) is 4.96. The largest absolute Gasteiger partial charge is 0.493 e. The molecule has 0 saturated carbocycles. The van der Waals surface area contributed by atoms with E-state index in [0.29, 0.717) is 37.0 Å². The van der Waals surface area contributed by atoms with Gasteiger partial charge in [0, 0.05) is 12.8 Å². The molecule has 1 unspecified atom stereocenters. The third-order valence-corrected chi connectivity index (χ3v) is 2.98. The van der Waals surface area contributed by atoms with Gasteiger partial charge in [0.15, 0.2) is 0 Å². The molecule has 0 saturated heterocycles. The SMILES string of the molecule is COCC(NC(=O)CCOc1ccc(N)cc1)C(C)C. The zero-order valence-electron chi connectivity index (χ0n) is 12.4. The third kappa shape index (κ3) is 5.93. The topological polar surface area (TPSA) is 73.6 Å². The van der Waals surface area contributed by atoms with Crippen molar-refractivity contribution < 1.29 is 14.3 Å². The Labute approximate surface area is 120 Å². The molecule has 1 atom stereocenters. The van der Waals surface area contributed by atoms with E-state index in [1.807, 2.05) is 0 Å². The van der Waals surface area contributed by atoms with Crippen LogP contribution in [0.3, 0.4) is 0 Å². The van der Waals surface area contributed by atoms with Crippen LogP contribution in [-0.2, 0) is 9.53 Å². The highest BCUT2D eigenvalue weighted by molar-refractivity contribution is 5.76. The molecule has 1 aromatic carbocycles. The quantitative estimate of drug-likeness (QED) is 0.712. The van der Waals surface area contributed by atoms with E-state index in [1.165, 1.54) is 0 Å². The number of carbonyl (C=O) groups is 1. The van der Waals surface area contributed by atoms with Crippen molar-refractivity contribution in [1.82, 2.24) is 5.32 Å². The maximum absolute atomic E-state index is 11.8. The first-order chi connectivity index (χ1) is 9.52. The second-order valence-electron chi connectivity index (χ2n) is 5.04. The van der Waals surface area contributed by atoms with Crippen LogP contribution in [0.1, 0.15) is 20.3 Å². The summed E-state index contributed by atoms with van der Waals surface area (Å²) in [6.07, 6.45) is 0.317. The Balaban J connectivity index is 2.30. The number of rotatable bonds is 8. The van der Waals surface area contributed by atoms with E-state index in [9.17, 15) is 4.79 Å². The van der Waals surface area contributed by atoms with Crippen LogP contribution in [0.4, 0.5) is 5.69 Å². The monoisotopic (exact) mass is 280 g/mol. The predicted molar refractivity (Wildman–Crippen MR) is 79.6 cm³/mol. The first kappa shape index (κ1) is 16.3. The highest BCUT2D eigenvalue weighted by Crippen LogP contribution is 2.13. The molecule has 0 heterocycles. The number of anilines is 1. The molecule has 0 aromatic heterocycles. The lowest BCUT2D eigenvalue weighted by molar-refractivity contribution is -0.123. The molecule has 0 radical (unpaired) electrons. The number of amides is 1. The molecule has 0 aliphatic carbocycles. The molecule has 112 valence electrons. The fraction of sp³-hybridized carbons (Fsp3) is 0.533. The minimum atomic E-state index is -0.0313. The smallest absolute Gasteiger partial charge is 0.223 e. The van der Waals surface area contributed by atoms with Gasteiger partial charge in [0.25, 0.3) is 0 Å². The second kappa shape index (κ2) is 8.43. The van der Waals surface area contributed by atoms with Crippen molar-refractivity contribution in [1.29, 1.82) is 0 Å². The van der Waals surface area contributed by atoms with E-state index in [2.05, 4.69) is 19.2 Å². The van der Waals surface area contributed by atoms with E-state index in [1.54, 1.807) is 31.4 Å². The van der Waals surface area contributed by atoms with Crippen LogP contribution in [0.2, 0.25) is 0 Å². The molecule has 0 aliphatic rings. The first-order valence-electron chi connectivity index (χ1n) is 6.79. The third-order valence-electron chi connectivity index (χ3n) is 2.98. The van der Waals surface area contributed by atoms with Gasteiger partial charge in [-0.2, -0.15) is 0 Å². The van der Waals surface area contributed by atoms with Gasteiger partial charge < -0.3 is 20.5 Å². The Hall–Kier alpha value is -1.75. The minimum Gasteiger partial charge on any atom is -0.493 e. The summed E-state index contributed by atoms with van der Waals surface area (Å²) in [5.41, 5.74) is 6.27. The Morgan fingerprint density at radius 1 is 1.30 bits per heavy atom. The molecule has 1 aromatic rings. The van der Waals surface area contributed by atoms with E-state index in [-0.39, 0.29) is 11.9 Å². The van der Waals surface area contributed by atoms with Crippen LogP contribution in [-0.4, -0.2) is 32.3 Å². The summed E-state index contributed by atoms with van der Waals surface area (Å²) < 4.78 is 10.6. The zero-order valence-corrected chi connectivity index (χ0v) is 12.4. The summed E-state index contributed by atoms with van der Waals surface area (Å²) in [6, 6.07) is 7.14. The van der Waals surface area contributed by atoms with Crippen molar-refractivity contribution in [3.63, 3.8) is 0 Å². The minimum absolute atomic E-state index is 0.0313. The van der Waals surface area contributed by atoms with E-state index >= 15 is 0 Å². The van der Waals surface area contributed by atoms with E-state index < -0.39 is 0 Å². The van der Waals surface area contributed by atoms with Crippen molar-refractivity contribution in [3.05, 3.63) is 24.3 Å². The van der Waals surface area contributed by atoms with Gasteiger partial charge >= 0.3 is 0 Å². The van der Waals surface area contributed by atoms with Crippen LogP contribution < -0.4 is 15.8 Å². The van der Waals surface area contributed by atoms with Gasteiger partial charge in [-0.25, -0.2) is 0 Å². The van der Waals surface area contributed by atoms with Crippen LogP contribution in [0.25, 0.3) is 0 Å². The van der Waals surface area contributed by atoms with Crippen LogP contribution >= 0.6 is 0 Å². The van der Waals surface area contributed by atoms with Crippen molar-refractivity contribution in [2.45, 2.75) is 26.3 Å². The number of hydrogen-bond acceptors (Lipinski definition) is 4. The van der Waals surface area contributed by atoms with Crippen LogP contribution in [0, 0.1) is 5.92 Å². The number of carbonyl (C=O) groups excluding carboxylic acids is 1. The standard InChI is InChI=1S/C15H24N2O3/c1-11(2)14(10-19-3)17-15(18)8-9-20-13-6-4-12(16)5-7-13/h4-7,11,14H,8-10,16H2,1-3H3,(H,17,18). The first-order valence-corrected chi connectivity index (χ1v) is 6.79. The van der Waals surface area contributed by atoms with Crippen LogP contribution in [0.5, 0.6) is 5.75 Å². The second-order valence-corrected chi connectivity index (χ2v) is 5.04. The molecule has 0 aliphatic heterocycles. The maximum atomic E-state index is 11.8. The Kier molecular flexibility index (Phi) is 6.87. The lowest BCUT2D eigenvalue weighted by atomic mass is 10.1. The van der Waals surface area contributed by atoms with Crippen molar-refractivity contribution >= 4 is 11.6 Å². The van der Waals surface area contributed by atoms with Crippen molar-refractivity contribution in [3.8, 4) is 5.75 Å². The highest BCUT2D eigenvalue weighted by Gasteiger charge is 2.15. The van der Waals surface area contributed by atoms with E-state index in [0.717, 1.165) is 0 Å². The van der Waals surface area contributed by atoms with E-state index in [4.69, 9.17) is 15.2 Å². The molecular formula is C15H24N2O3. The van der Waals surface area contributed by atoms with Gasteiger partial charge in [-0.05, 0) is 30.2 Å². The molecule has 1 amide bonds. The number of nitrogens with one attached hydrogen (secondary N) is 1. The molecule has 3 N–H and O–H groups in total. The lowest BCUT2D eigenvalue weighted by Crippen LogP contribution is -2.42. The number of methoxy groups -OCH3 is 1. The molecule has 0 bridgehead atoms. The molecule has 0 spiro atoms. The summed E-state index contributed by atoms with van der Waals surface area (Å²) in [5, 5.41) is 2.95. The Morgan fingerprint density at radius 3 is 2.50 bits per heavy atom. The van der Waals surface area contributed by atoms with Gasteiger partial charge in [0.1, 0.15) is 5.75 Å². The molecule has 5 heteroatoms. The van der Waals surface area contributed by atoms with Gasteiger partial charge in [0.05, 0.1) is 25.7 Å². The number of nitrogens with two attached hydrogens (primary N) is 1. The van der Waals surface area contributed by atoms with Gasteiger partial charge in [-0.1, -0.05) is 13.8 Å². The number of ether oxygens (including phenoxy) is 2. The number of nitrogen functional groups attached to an aromatic ring is 1. The summed E-state index contributed by atoms with van der Waals surface area (Å²) in [5.74, 6) is 1.01. The molecule has 1 rings (SSSR count). The van der Waals surface area contributed by atoms with Crippen molar-refractivity contribution in [2.75, 3.05) is 26.1 Å². The molecule has 0 fully saturated rings. The Morgan fingerprint density at radius 2 is 1.95 bits per heavy atom. The summed E-state index contributed by atoms with van der Waals surface area (Å²) in [4.78, 5) is 11.8. The molecule has 5 nitrogen and oxygen atoms in total. The van der Waals surface area contributed by atoms with Gasteiger partial charge in [-0.15, -0.1) is 0 Å². The fourth-order valence-corrected chi connectivity index (χ4v) is 1.68. The normalized spacial score (nSPS) is 12.2. The summed E-state index contributed by atoms with van der Waals surface area (Å²) >= 11 is 0. The maximum Gasteiger partial charge on any atom is 0.223 e. The van der Waals surface area contributed by atoms with Gasteiger partial charge in [0.2, 0.25) is 5.91 Å². The molecule has 20 heavy (non-hydrogen) atoms. The predicted octanol–water partition coefficient (Wildman–Crippen LogP) is 1.82. The Bertz CT molecular complexity index is 404. The van der Waals surface area contributed by atoms with Crippen LogP contribution in [0.15, 0.2) is 24.3 Å². The fourth-order valence-electron chi connectivity index (χ4n) is 1.68. The average molecular weight is 280 g/mol. The summed E-state index contributed by atoms with van der Waals surface area (Å²) in [7, 11) is 1.63.